The number of nitrogens with one attached hydrogen (secondary N) is 2. The van der Waals surface area contributed by atoms with Crippen molar-refractivity contribution in [3.63, 3.8) is 0 Å². The van der Waals surface area contributed by atoms with Gasteiger partial charge < -0.3 is 9.84 Å². The van der Waals surface area contributed by atoms with Gasteiger partial charge >= 0.3 is 5.97 Å². The predicted molar refractivity (Wildman–Crippen MR) is 105 cm³/mol. The number of carboxylic acids is 1. The van der Waals surface area contributed by atoms with Crippen LogP contribution < -0.4 is 14.2 Å². The summed E-state index contributed by atoms with van der Waals surface area (Å²) in [4.78, 5) is 10.7. The Balaban J connectivity index is 2.30. The first kappa shape index (κ1) is 21.5. The highest BCUT2D eigenvalue weighted by molar-refractivity contribution is 7.93. The molecular formula is C17H20N2O7S2. The van der Waals surface area contributed by atoms with E-state index in [9.17, 15) is 21.6 Å². The molecule has 2 rings (SSSR count). The number of ether oxygens (including phenoxy) is 1. The molecule has 0 aliphatic rings. The van der Waals surface area contributed by atoms with Crippen molar-refractivity contribution in [3.05, 3.63) is 48.0 Å². The van der Waals surface area contributed by atoms with E-state index in [4.69, 9.17) is 9.84 Å². The fourth-order valence-corrected chi connectivity index (χ4v) is 4.68. The highest BCUT2D eigenvalue weighted by Crippen LogP contribution is 2.29. The van der Waals surface area contributed by atoms with Gasteiger partial charge in [0.25, 0.3) is 10.0 Å². The van der Waals surface area contributed by atoms with Crippen LogP contribution in [0.3, 0.4) is 0 Å². The van der Waals surface area contributed by atoms with Crippen LogP contribution in [0, 0.1) is 0 Å². The number of hydrogen-bond acceptors (Lipinski definition) is 6. The number of anilines is 2. The SMILES string of the molecule is CCCS(=O)(=O)Nc1ccc(S(=O)(=O)Nc2ccc(C(=O)O)cc2)c(OC)c1. The summed E-state index contributed by atoms with van der Waals surface area (Å²) < 4.78 is 58.8. The molecule has 0 bridgehead atoms. The molecule has 0 saturated heterocycles. The minimum atomic E-state index is -4.06. The second-order valence-corrected chi connectivity index (χ2v) is 9.27. The summed E-state index contributed by atoms with van der Waals surface area (Å²) in [5.74, 6) is -1.24. The molecular weight excluding hydrogens is 408 g/mol. The first-order chi connectivity index (χ1) is 13.1. The third-order valence-corrected chi connectivity index (χ3v) is 6.50. The molecule has 0 radical (unpaired) electrons. The number of carboxylic acid groups (broad SMARTS) is 1. The van der Waals surface area contributed by atoms with Gasteiger partial charge in [-0.05, 0) is 42.8 Å². The van der Waals surface area contributed by atoms with E-state index in [-0.39, 0.29) is 33.3 Å². The van der Waals surface area contributed by atoms with Crippen LogP contribution in [-0.4, -0.2) is 40.8 Å². The molecule has 0 aromatic heterocycles. The van der Waals surface area contributed by atoms with Gasteiger partial charge in [-0.15, -0.1) is 0 Å². The lowest BCUT2D eigenvalue weighted by Gasteiger charge is -2.14. The van der Waals surface area contributed by atoms with E-state index in [0.29, 0.717) is 6.42 Å². The zero-order valence-corrected chi connectivity index (χ0v) is 16.8. The van der Waals surface area contributed by atoms with E-state index in [1.807, 2.05) is 0 Å². The number of aromatic carboxylic acids is 1. The van der Waals surface area contributed by atoms with Crippen LogP contribution in [0.1, 0.15) is 23.7 Å². The molecule has 0 aliphatic heterocycles. The zero-order valence-electron chi connectivity index (χ0n) is 15.2. The van der Waals surface area contributed by atoms with Crippen molar-refractivity contribution in [3.8, 4) is 5.75 Å². The first-order valence-electron chi connectivity index (χ1n) is 8.12. The smallest absolute Gasteiger partial charge is 0.335 e. The van der Waals surface area contributed by atoms with Gasteiger partial charge in [0.05, 0.1) is 24.1 Å². The van der Waals surface area contributed by atoms with Crippen molar-refractivity contribution in [2.24, 2.45) is 0 Å². The molecule has 0 heterocycles. The highest BCUT2D eigenvalue weighted by Gasteiger charge is 2.21. The fraction of sp³-hybridized carbons (Fsp3) is 0.235. The third kappa shape index (κ3) is 5.36. The summed E-state index contributed by atoms with van der Waals surface area (Å²) in [5, 5.41) is 8.89. The summed E-state index contributed by atoms with van der Waals surface area (Å²) >= 11 is 0. The molecule has 0 saturated carbocycles. The fourth-order valence-electron chi connectivity index (χ4n) is 2.34. The average molecular weight is 428 g/mol. The number of methoxy groups -OCH3 is 1. The molecule has 0 amide bonds. The van der Waals surface area contributed by atoms with Crippen LogP contribution in [0.4, 0.5) is 11.4 Å². The Morgan fingerprint density at radius 3 is 2.14 bits per heavy atom. The summed E-state index contributed by atoms with van der Waals surface area (Å²) in [5.41, 5.74) is 0.360. The quantitative estimate of drug-likeness (QED) is 0.557. The second-order valence-electron chi connectivity index (χ2n) is 5.77. The molecule has 2 aromatic rings. The molecule has 28 heavy (non-hydrogen) atoms. The van der Waals surface area contributed by atoms with Crippen LogP contribution >= 0.6 is 0 Å². The van der Waals surface area contributed by atoms with Gasteiger partial charge in [-0.3, -0.25) is 9.44 Å². The lowest BCUT2D eigenvalue weighted by molar-refractivity contribution is 0.0697. The Morgan fingerprint density at radius 2 is 1.61 bits per heavy atom. The lowest BCUT2D eigenvalue weighted by Crippen LogP contribution is -2.17. The van der Waals surface area contributed by atoms with Gasteiger partial charge in [-0.25, -0.2) is 21.6 Å². The number of hydrogen-bond donors (Lipinski definition) is 3. The highest BCUT2D eigenvalue weighted by atomic mass is 32.2. The van der Waals surface area contributed by atoms with Gasteiger partial charge in [0.15, 0.2) is 0 Å². The summed E-state index contributed by atoms with van der Waals surface area (Å²) in [6.07, 6.45) is 0.434. The molecule has 152 valence electrons. The summed E-state index contributed by atoms with van der Waals surface area (Å²) in [7, 11) is -6.33. The largest absolute Gasteiger partial charge is 0.495 e. The van der Waals surface area contributed by atoms with Crippen molar-refractivity contribution >= 4 is 37.4 Å². The lowest BCUT2D eigenvalue weighted by atomic mass is 10.2. The maximum atomic E-state index is 12.7. The molecule has 3 N–H and O–H groups in total. The first-order valence-corrected chi connectivity index (χ1v) is 11.3. The second kappa shape index (κ2) is 8.48. The van der Waals surface area contributed by atoms with Gasteiger partial charge in [-0.2, -0.15) is 0 Å². The van der Waals surface area contributed by atoms with Crippen LogP contribution in [0.25, 0.3) is 0 Å². The maximum Gasteiger partial charge on any atom is 0.335 e. The van der Waals surface area contributed by atoms with Gasteiger partial charge in [0.1, 0.15) is 10.6 Å². The standard InChI is InChI=1S/C17H20N2O7S2/c1-3-10-27(22,23)18-14-8-9-16(15(11-14)26-2)28(24,25)19-13-6-4-12(5-7-13)17(20)21/h4-9,11,18-19H,3,10H2,1-2H3,(H,20,21). The van der Waals surface area contributed by atoms with Crippen molar-refractivity contribution in [1.29, 1.82) is 0 Å². The maximum absolute atomic E-state index is 12.7. The topological polar surface area (TPSA) is 139 Å². The molecule has 0 fully saturated rings. The Bertz CT molecular complexity index is 1060. The van der Waals surface area contributed by atoms with Crippen molar-refractivity contribution in [1.82, 2.24) is 0 Å². The zero-order chi connectivity index (χ0) is 20.9. The predicted octanol–water partition coefficient (Wildman–Crippen LogP) is 2.35. The van der Waals surface area contributed by atoms with E-state index in [2.05, 4.69) is 9.44 Å². The van der Waals surface area contributed by atoms with Crippen molar-refractivity contribution < 1.29 is 31.5 Å². The van der Waals surface area contributed by atoms with Crippen molar-refractivity contribution in [2.45, 2.75) is 18.2 Å². The monoisotopic (exact) mass is 428 g/mol. The van der Waals surface area contributed by atoms with Gasteiger partial charge in [0, 0.05) is 11.8 Å². The summed E-state index contributed by atoms with van der Waals surface area (Å²) in [6, 6.07) is 8.98. The van der Waals surface area contributed by atoms with E-state index in [1.165, 1.54) is 49.6 Å². The van der Waals surface area contributed by atoms with Crippen LogP contribution in [0.15, 0.2) is 47.4 Å². The van der Waals surface area contributed by atoms with Crippen LogP contribution in [-0.2, 0) is 20.0 Å². The minimum absolute atomic E-state index is 0.0178. The number of carbonyl (C=O) groups is 1. The van der Waals surface area contributed by atoms with E-state index in [1.54, 1.807) is 6.92 Å². The number of benzene rings is 2. The molecule has 2 aromatic carbocycles. The Morgan fingerprint density at radius 1 is 1.00 bits per heavy atom. The van der Waals surface area contributed by atoms with Gasteiger partial charge in [-0.1, -0.05) is 6.92 Å². The molecule has 11 heteroatoms. The molecule has 0 atom stereocenters. The molecule has 0 unspecified atom stereocenters. The van der Waals surface area contributed by atoms with Crippen molar-refractivity contribution in [2.75, 3.05) is 22.3 Å². The number of rotatable bonds is 9. The molecule has 0 aliphatic carbocycles. The summed E-state index contributed by atoms with van der Waals surface area (Å²) in [6.45, 7) is 1.73. The molecule has 9 nitrogen and oxygen atoms in total. The molecule has 0 spiro atoms. The Labute approximate surface area is 163 Å². The Kier molecular flexibility index (Phi) is 6.52. The van der Waals surface area contributed by atoms with E-state index in [0.717, 1.165) is 0 Å². The Hall–Kier alpha value is -2.79. The van der Waals surface area contributed by atoms with Crippen LogP contribution in [0.5, 0.6) is 5.75 Å². The van der Waals surface area contributed by atoms with E-state index < -0.39 is 26.0 Å². The van der Waals surface area contributed by atoms with E-state index >= 15 is 0 Å². The number of sulfonamides is 2. The third-order valence-electron chi connectivity index (χ3n) is 3.58. The minimum Gasteiger partial charge on any atom is -0.495 e. The average Bonchev–Trinajstić information content (AvgIpc) is 2.61. The van der Waals surface area contributed by atoms with Crippen LogP contribution in [0.2, 0.25) is 0 Å². The normalized spacial score (nSPS) is 11.6. The van der Waals surface area contributed by atoms with Gasteiger partial charge in [0.2, 0.25) is 10.0 Å².